The summed E-state index contributed by atoms with van der Waals surface area (Å²) in [4.78, 5) is 14.1. The molecule has 1 aliphatic rings. The van der Waals surface area contributed by atoms with Crippen LogP contribution in [-0.2, 0) is 0 Å². The standard InChI is InChI=1S/C17H20N2O3/c20-14-8-4-10-19(12-14)17(21)18-16(15-9-5-11-22-15)13-6-2-1-3-7-13/h1-3,5-7,9,11,14,16,20H,4,8,10,12H2,(H,18,21). The largest absolute Gasteiger partial charge is 0.467 e. The Morgan fingerprint density at radius 2 is 2.09 bits per heavy atom. The summed E-state index contributed by atoms with van der Waals surface area (Å²) in [6.07, 6.45) is 2.75. The number of rotatable bonds is 3. The van der Waals surface area contributed by atoms with Crippen molar-refractivity contribution >= 4 is 6.03 Å². The number of carbonyl (C=O) groups excluding carboxylic acids is 1. The lowest BCUT2D eigenvalue weighted by molar-refractivity contribution is 0.0835. The zero-order valence-electron chi connectivity index (χ0n) is 12.3. The second-order valence-corrected chi connectivity index (χ2v) is 5.55. The van der Waals surface area contributed by atoms with Crippen molar-refractivity contribution in [2.24, 2.45) is 0 Å². The predicted molar refractivity (Wildman–Crippen MR) is 82.3 cm³/mol. The molecular formula is C17H20N2O3. The normalized spacial score (nSPS) is 19.7. The predicted octanol–water partition coefficient (Wildman–Crippen LogP) is 2.54. The van der Waals surface area contributed by atoms with Crippen molar-refractivity contribution in [3.8, 4) is 0 Å². The van der Waals surface area contributed by atoms with Crippen LogP contribution in [0.15, 0.2) is 53.1 Å². The first-order valence-corrected chi connectivity index (χ1v) is 7.56. The molecule has 2 atom stereocenters. The Labute approximate surface area is 129 Å². The van der Waals surface area contributed by atoms with Crippen molar-refractivity contribution in [1.29, 1.82) is 0 Å². The Hall–Kier alpha value is -2.27. The average molecular weight is 300 g/mol. The summed E-state index contributed by atoms with van der Waals surface area (Å²) in [5.74, 6) is 0.692. The zero-order chi connectivity index (χ0) is 15.4. The maximum atomic E-state index is 12.5. The molecule has 0 radical (unpaired) electrons. The first-order chi connectivity index (χ1) is 10.7. The molecule has 5 nitrogen and oxygen atoms in total. The maximum absolute atomic E-state index is 12.5. The monoisotopic (exact) mass is 300 g/mol. The quantitative estimate of drug-likeness (QED) is 0.915. The van der Waals surface area contributed by atoms with Gasteiger partial charge in [0, 0.05) is 13.1 Å². The summed E-state index contributed by atoms with van der Waals surface area (Å²) in [5.41, 5.74) is 0.961. The van der Waals surface area contributed by atoms with E-state index in [0.29, 0.717) is 18.8 Å². The first-order valence-electron chi connectivity index (χ1n) is 7.56. The number of furan rings is 1. The highest BCUT2D eigenvalue weighted by atomic mass is 16.3. The molecule has 2 aromatic rings. The van der Waals surface area contributed by atoms with Gasteiger partial charge in [0.05, 0.1) is 12.4 Å². The van der Waals surface area contributed by atoms with Crippen LogP contribution in [0.2, 0.25) is 0 Å². The van der Waals surface area contributed by atoms with E-state index in [-0.39, 0.29) is 12.1 Å². The molecule has 1 aromatic carbocycles. The fraction of sp³-hybridized carbons (Fsp3) is 0.353. The Bertz CT molecular complexity index is 598. The zero-order valence-corrected chi connectivity index (χ0v) is 12.3. The van der Waals surface area contributed by atoms with E-state index in [1.165, 1.54) is 0 Å². The molecule has 0 aliphatic carbocycles. The molecule has 1 saturated heterocycles. The van der Waals surface area contributed by atoms with Gasteiger partial charge in [0.15, 0.2) is 0 Å². The molecule has 1 aliphatic heterocycles. The van der Waals surface area contributed by atoms with Crippen LogP contribution >= 0.6 is 0 Å². The molecule has 2 amide bonds. The van der Waals surface area contributed by atoms with Crippen LogP contribution in [0.25, 0.3) is 0 Å². The van der Waals surface area contributed by atoms with Crippen LogP contribution in [0.1, 0.15) is 30.2 Å². The molecule has 1 fully saturated rings. The average Bonchev–Trinajstić information content (AvgIpc) is 3.07. The molecule has 0 spiro atoms. The van der Waals surface area contributed by atoms with Gasteiger partial charge in [0.25, 0.3) is 0 Å². The van der Waals surface area contributed by atoms with E-state index >= 15 is 0 Å². The number of hydrogen-bond donors (Lipinski definition) is 2. The third-order valence-electron chi connectivity index (χ3n) is 3.91. The summed E-state index contributed by atoms with van der Waals surface area (Å²) >= 11 is 0. The van der Waals surface area contributed by atoms with Gasteiger partial charge in [-0.3, -0.25) is 0 Å². The fourth-order valence-electron chi connectivity index (χ4n) is 2.77. The number of β-amino-alcohol motifs (C(OH)–C–C–N with tert-alkyl or cyclic N) is 1. The number of nitrogens with zero attached hydrogens (tertiary/aromatic N) is 1. The van der Waals surface area contributed by atoms with E-state index < -0.39 is 6.10 Å². The lowest BCUT2D eigenvalue weighted by Gasteiger charge is -2.31. The van der Waals surface area contributed by atoms with Crippen LogP contribution in [0, 0.1) is 0 Å². The van der Waals surface area contributed by atoms with Crippen LogP contribution in [0.3, 0.4) is 0 Å². The smallest absolute Gasteiger partial charge is 0.318 e. The summed E-state index contributed by atoms with van der Waals surface area (Å²) in [6, 6.07) is 12.9. The van der Waals surface area contributed by atoms with Crippen molar-refractivity contribution in [2.45, 2.75) is 25.0 Å². The lowest BCUT2D eigenvalue weighted by Crippen LogP contribution is -2.48. The SMILES string of the molecule is O=C(NC(c1ccccc1)c1ccco1)N1CCCC(O)C1. The van der Waals surface area contributed by atoms with Gasteiger partial charge in [-0.2, -0.15) is 0 Å². The van der Waals surface area contributed by atoms with E-state index in [1.54, 1.807) is 11.2 Å². The van der Waals surface area contributed by atoms with Crippen LogP contribution in [0.4, 0.5) is 4.79 Å². The topological polar surface area (TPSA) is 65.7 Å². The van der Waals surface area contributed by atoms with Crippen molar-refractivity contribution in [3.05, 3.63) is 60.1 Å². The van der Waals surface area contributed by atoms with Crippen molar-refractivity contribution in [2.75, 3.05) is 13.1 Å². The molecular weight excluding hydrogens is 280 g/mol. The Morgan fingerprint density at radius 1 is 1.27 bits per heavy atom. The van der Waals surface area contributed by atoms with Gasteiger partial charge >= 0.3 is 6.03 Å². The number of likely N-dealkylation sites (tertiary alicyclic amines) is 1. The third kappa shape index (κ3) is 3.31. The van der Waals surface area contributed by atoms with Gasteiger partial charge < -0.3 is 19.7 Å². The molecule has 5 heteroatoms. The molecule has 116 valence electrons. The van der Waals surface area contributed by atoms with Crippen molar-refractivity contribution < 1.29 is 14.3 Å². The first kappa shape index (κ1) is 14.7. The number of urea groups is 1. The van der Waals surface area contributed by atoms with Gasteiger partial charge in [-0.05, 0) is 30.5 Å². The number of nitrogens with one attached hydrogen (secondary N) is 1. The van der Waals surface area contributed by atoms with Gasteiger partial charge in [-0.1, -0.05) is 30.3 Å². The maximum Gasteiger partial charge on any atom is 0.318 e. The molecule has 0 bridgehead atoms. The highest BCUT2D eigenvalue weighted by molar-refractivity contribution is 5.75. The molecule has 2 unspecified atom stereocenters. The number of hydrogen-bond acceptors (Lipinski definition) is 3. The summed E-state index contributed by atoms with van der Waals surface area (Å²) in [5, 5.41) is 12.7. The van der Waals surface area contributed by atoms with Crippen molar-refractivity contribution in [1.82, 2.24) is 10.2 Å². The van der Waals surface area contributed by atoms with E-state index in [2.05, 4.69) is 5.32 Å². The van der Waals surface area contributed by atoms with Gasteiger partial charge in [0.2, 0.25) is 0 Å². The minimum absolute atomic E-state index is 0.177. The summed E-state index contributed by atoms with van der Waals surface area (Å²) in [6.45, 7) is 1.05. The number of piperidine rings is 1. The van der Waals surface area contributed by atoms with Crippen LogP contribution in [0.5, 0.6) is 0 Å². The number of aliphatic hydroxyl groups is 1. The second-order valence-electron chi connectivity index (χ2n) is 5.55. The van der Waals surface area contributed by atoms with E-state index in [0.717, 1.165) is 18.4 Å². The number of aliphatic hydroxyl groups excluding tert-OH is 1. The molecule has 3 rings (SSSR count). The van der Waals surface area contributed by atoms with Crippen LogP contribution in [-0.4, -0.2) is 35.2 Å². The lowest BCUT2D eigenvalue weighted by atomic mass is 10.0. The van der Waals surface area contributed by atoms with Gasteiger partial charge in [-0.25, -0.2) is 4.79 Å². The number of amides is 2. The molecule has 2 heterocycles. The highest BCUT2D eigenvalue weighted by Gasteiger charge is 2.26. The van der Waals surface area contributed by atoms with Gasteiger partial charge in [-0.15, -0.1) is 0 Å². The Balaban J connectivity index is 1.77. The molecule has 1 aromatic heterocycles. The summed E-state index contributed by atoms with van der Waals surface area (Å²) < 4.78 is 5.48. The second kappa shape index (κ2) is 6.66. The Kier molecular flexibility index (Phi) is 4.44. The molecule has 0 saturated carbocycles. The number of carbonyl (C=O) groups is 1. The van der Waals surface area contributed by atoms with E-state index in [4.69, 9.17) is 4.42 Å². The summed E-state index contributed by atoms with van der Waals surface area (Å²) in [7, 11) is 0. The van der Waals surface area contributed by atoms with E-state index in [9.17, 15) is 9.90 Å². The van der Waals surface area contributed by atoms with Crippen molar-refractivity contribution in [3.63, 3.8) is 0 Å². The highest BCUT2D eigenvalue weighted by Crippen LogP contribution is 2.23. The number of benzene rings is 1. The third-order valence-corrected chi connectivity index (χ3v) is 3.91. The molecule has 2 N–H and O–H groups in total. The minimum Gasteiger partial charge on any atom is -0.467 e. The van der Waals surface area contributed by atoms with E-state index in [1.807, 2.05) is 42.5 Å². The van der Waals surface area contributed by atoms with Crippen LogP contribution < -0.4 is 5.32 Å². The van der Waals surface area contributed by atoms with Gasteiger partial charge in [0.1, 0.15) is 11.8 Å². The molecule has 22 heavy (non-hydrogen) atoms. The fourth-order valence-corrected chi connectivity index (χ4v) is 2.77. The minimum atomic E-state index is -0.432. The Morgan fingerprint density at radius 3 is 2.77 bits per heavy atom.